The van der Waals surface area contributed by atoms with Crippen LogP contribution >= 0.6 is 12.2 Å². The second-order valence-corrected chi connectivity index (χ2v) is 8.53. The van der Waals surface area contributed by atoms with E-state index in [0.717, 1.165) is 25.4 Å². The first kappa shape index (κ1) is 24.1. The lowest BCUT2D eigenvalue weighted by Crippen LogP contribution is -2.45. The monoisotopic (exact) mass is 482 g/mol. The van der Waals surface area contributed by atoms with Gasteiger partial charge in [-0.25, -0.2) is 0 Å². The Hall–Kier alpha value is -3.01. The summed E-state index contributed by atoms with van der Waals surface area (Å²) in [6.07, 6.45) is 0.0125. The molecule has 0 saturated carbocycles. The van der Waals surface area contributed by atoms with Crippen molar-refractivity contribution in [3.63, 3.8) is 0 Å². The number of carbonyl (C=O) groups is 2. The Morgan fingerprint density at radius 2 is 1.79 bits per heavy atom. The van der Waals surface area contributed by atoms with Gasteiger partial charge in [-0.2, -0.15) is 0 Å². The highest BCUT2D eigenvalue weighted by molar-refractivity contribution is 7.80. The number of carbonyl (C=O) groups excluding carboxylic acids is 2. The summed E-state index contributed by atoms with van der Waals surface area (Å²) in [6, 6.07) is 15.9. The van der Waals surface area contributed by atoms with Gasteiger partial charge in [0.25, 0.3) is 5.91 Å². The summed E-state index contributed by atoms with van der Waals surface area (Å²) in [5, 5.41) is 3.33. The van der Waals surface area contributed by atoms with Crippen molar-refractivity contribution in [2.24, 2.45) is 0 Å². The number of hydrogen-bond acceptors (Lipinski definition) is 6. The molecule has 2 aliphatic rings. The highest BCUT2D eigenvalue weighted by atomic mass is 32.1. The molecular formula is C25H30N4O4S. The second-order valence-electron chi connectivity index (χ2n) is 8.16. The highest BCUT2D eigenvalue weighted by Crippen LogP contribution is 2.27. The third-order valence-electron chi connectivity index (χ3n) is 5.92. The Morgan fingerprint density at radius 3 is 2.47 bits per heavy atom. The van der Waals surface area contributed by atoms with Gasteiger partial charge in [0.15, 0.2) is 5.11 Å². The number of rotatable bonds is 9. The Morgan fingerprint density at radius 1 is 1.09 bits per heavy atom. The molecule has 2 aliphatic heterocycles. The fourth-order valence-electron chi connectivity index (χ4n) is 4.16. The molecule has 0 aliphatic carbocycles. The van der Waals surface area contributed by atoms with Gasteiger partial charge in [0, 0.05) is 31.9 Å². The van der Waals surface area contributed by atoms with Gasteiger partial charge in [0.2, 0.25) is 5.91 Å². The van der Waals surface area contributed by atoms with Crippen LogP contribution in [-0.4, -0.2) is 78.8 Å². The quantitative estimate of drug-likeness (QED) is 0.551. The zero-order valence-corrected chi connectivity index (χ0v) is 20.1. The minimum Gasteiger partial charge on any atom is -0.494 e. The van der Waals surface area contributed by atoms with Crippen molar-refractivity contribution in [2.45, 2.75) is 19.4 Å². The molecule has 8 nitrogen and oxygen atoms in total. The van der Waals surface area contributed by atoms with Crippen LogP contribution in [0.2, 0.25) is 0 Å². The fraction of sp³-hybridized carbons (Fsp3) is 0.400. The van der Waals surface area contributed by atoms with Gasteiger partial charge in [0.05, 0.1) is 31.9 Å². The summed E-state index contributed by atoms with van der Waals surface area (Å²) in [4.78, 5) is 32.1. The first-order chi connectivity index (χ1) is 16.6. The lowest BCUT2D eigenvalue weighted by Gasteiger charge is -2.30. The maximum Gasteiger partial charge on any atom is 0.256 e. The van der Waals surface area contributed by atoms with Crippen LogP contribution in [0.3, 0.4) is 0 Å². The third kappa shape index (κ3) is 5.72. The molecule has 0 spiro atoms. The van der Waals surface area contributed by atoms with Crippen molar-refractivity contribution in [2.75, 3.05) is 56.2 Å². The lowest BCUT2D eigenvalue weighted by molar-refractivity contribution is -0.124. The Labute approximate surface area is 205 Å². The van der Waals surface area contributed by atoms with Gasteiger partial charge in [-0.15, -0.1) is 0 Å². The molecule has 1 atom stereocenters. The van der Waals surface area contributed by atoms with E-state index in [2.05, 4.69) is 10.2 Å². The molecule has 34 heavy (non-hydrogen) atoms. The van der Waals surface area contributed by atoms with E-state index in [1.165, 1.54) is 0 Å². The van der Waals surface area contributed by atoms with E-state index in [-0.39, 0.29) is 18.2 Å². The molecule has 2 fully saturated rings. The van der Waals surface area contributed by atoms with Crippen LogP contribution in [0.5, 0.6) is 5.75 Å². The molecule has 2 amide bonds. The van der Waals surface area contributed by atoms with Crippen LogP contribution in [0.25, 0.3) is 0 Å². The van der Waals surface area contributed by atoms with Crippen molar-refractivity contribution in [1.29, 1.82) is 0 Å². The number of amides is 2. The molecule has 2 heterocycles. The maximum atomic E-state index is 13.4. The van der Waals surface area contributed by atoms with Gasteiger partial charge in [-0.3, -0.25) is 19.4 Å². The number of anilines is 2. The Kier molecular flexibility index (Phi) is 8.10. The van der Waals surface area contributed by atoms with Crippen molar-refractivity contribution in [1.82, 2.24) is 9.80 Å². The average molecular weight is 483 g/mol. The first-order valence-corrected chi connectivity index (χ1v) is 12.0. The van der Waals surface area contributed by atoms with Gasteiger partial charge in [0.1, 0.15) is 11.8 Å². The first-order valence-electron chi connectivity index (χ1n) is 11.6. The third-order valence-corrected chi connectivity index (χ3v) is 6.34. The maximum absolute atomic E-state index is 13.4. The molecule has 0 radical (unpaired) electrons. The van der Waals surface area contributed by atoms with Gasteiger partial charge in [-0.05, 0) is 55.5 Å². The van der Waals surface area contributed by atoms with E-state index in [4.69, 9.17) is 21.7 Å². The van der Waals surface area contributed by atoms with Crippen molar-refractivity contribution in [3.05, 3.63) is 54.6 Å². The van der Waals surface area contributed by atoms with Crippen LogP contribution in [-0.2, 0) is 14.3 Å². The van der Waals surface area contributed by atoms with E-state index in [1.54, 1.807) is 29.2 Å². The van der Waals surface area contributed by atoms with E-state index >= 15 is 0 Å². The molecule has 0 unspecified atom stereocenters. The minimum absolute atomic E-state index is 0.0125. The van der Waals surface area contributed by atoms with Crippen LogP contribution in [0.15, 0.2) is 54.6 Å². The summed E-state index contributed by atoms with van der Waals surface area (Å²) in [5.74, 6) is 0.321. The van der Waals surface area contributed by atoms with Crippen LogP contribution < -0.4 is 15.0 Å². The summed E-state index contributed by atoms with van der Waals surface area (Å²) in [5.41, 5.74) is 1.37. The number of nitrogens with zero attached hydrogens (tertiary/aromatic N) is 3. The summed E-state index contributed by atoms with van der Waals surface area (Å²) < 4.78 is 10.9. The lowest BCUT2D eigenvalue weighted by atomic mass is 10.1. The van der Waals surface area contributed by atoms with Crippen LogP contribution in [0, 0.1) is 0 Å². The van der Waals surface area contributed by atoms with E-state index in [1.807, 2.05) is 42.2 Å². The molecule has 0 bridgehead atoms. The fourth-order valence-corrected chi connectivity index (χ4v) is 4.58. The summed E-state index contributed by atoms with van der Waals surface area (Å²) in [6.45, 7) is 6.90. The SMILES string of the molecule is CCOc1ccc(NC(=O)C[C@@H]2C(=O)N(c3ccccc3)C(=S)N2CCN2CCOCC2)cc1. The summed E-state index contributed by atoms with van der Waals surface area (Å²) >= 11 is 5.73. The topological polar surface area (TPSA) is 74.4 Å². The predicted octanol–water partition coefficient (Wildman–Crippen LogP) is 2.75. The van der Waals surface area contributed by atoms with Crippen molar-refractivity contribution >= 4 is 40.5 Å². The van der Waals surface area contributed by atoms with E-state index in [9.17, 15) is 9.59 Å². The zero-order chi connectivity index (χ0) is 23.9. The number of nitrogens with one attached hydrogen (secondary N) is 1. The number of thiocarbonyl (C=S) groups is 1. The molecular weight excluding hydrogens is 452 g/mol. The van der Waals surface area contributed by atoms with E-state index in [0.29, 0.717) is 42.9 Å². The molecule has 2 aromatic carbocycles. The normalized spacial score (nSPS) is 18.9. The van der Waals surface area contributed by atoms with Gasteiger partial charge in [-0.1, -0.05) is 18.2 Å². The standard InChI is InChI=1S/C25H30N4O4S/c1-2-33-21-10-8-19(9-11-21)26-23(30)18-22-24(31)29(20-6-4-3-5-7-20)25(34)28(22)13-12-27-14-16-32-17-15-27/h3-11,22H,2,12-18H2,1H3,(H,26,30)/t22-/m1/s1. The molecule has 0 aromatic heterocycles. The zero-order valence-electron chi connectivity index (χ0n) is 19.3. The largest absolute Gasteiger partial charge is 0.494 e. The predicted molar refractivity (Wildman–Crippen MR) is 135 cm³/mol. The Bertz CT molecular complexity index is 996. The number of para-hydroxylation sites is 1. The average Bonchev–Trinajstić information content (AvgIpc) is 3.09. The number of ether oxygens (including phenoxy) is 2. The van der Waals surface area contributed by atoms with Crippen LogP contribution in [0.4, 0.5) is 11.4 Å². The Balaban J connectivity index is 1.47. The van der Waals surface area contributed by atoms with Crippen molar-refractivity contribution in [3.8, 4) is 5.75 Å². The molecule has 180 valence electrons. The van der Waals surface area contributed by atoms with Crippen molar-refractivity contribution < 1.29 is 19.1 Å². The summed E-state index contributed by atoms with van der Waals surface area (Å²) in [7, 11) is 0. The van der Waals surface area contributed by atoms with E-state index < -0.39 is 6.04 Å². The second kappa shape index (κ2) is 11.4. The van der Waals surface area contributed by atoms with Gasteiger partial charge >= 0.3 is 0 Å². The molecule has 9 heteroatoms. The molecule has 4 rings (SSSR count). The number of benzene rings is 2. The molecule has 2 saturated heterocycles. The smallest absolute Gasteiger partial charge is 0.256 e. The minimum atomic E-state index is -0.656. The molecule has 2 aromatic rings. The van der Waals surface area contributed by atoms with Crippen LogP contribution in [0.1, 0.15) is 13.3 Å². The van der Waals surface area contributed by atoms with Gasteiger partial charge < -0.3 is 19.7 Å². The molecule has 1 N–H and O–H groups in total. The number of morpholine rings is 1. The highest BCUT2D eigenvalue weighted by Gasteiger charge is 2.44. The number of hydrogen-bond donors (Lipinski definition) is 1.